The average molecular weight is 389 g/mol. The number of carbonyl (C=O) groups excluding carboxylic acids is 1. The zero-order chi connectivity index (χ0) is 14.9. The van der Waals surface area contributed by atoms with E-state index in [1.54, 1.807) is 0 Å². The Hall–Kier alpha value is -1.12. The maximum atomic E-state index is 13.9. The number of alkyl halides is 2. The standard InChI is InChI=1S/C12H12BrF2NO4.ClH/c1-2-18-11(17)12(14,15)10(16)6-3-8-9(4-7(6)13)20-5-19-8;/h3-4,10H,2,5,16H2,1H3;1H/t10-;/m1./s1. The second-order valence-electron chi connectivity index (χ2n) is 4.05. The first kappa shape index (κ1) is 17.9. The van der Waals surface area contributed by atoms with Gasteiger partial charge in [-0.3, -0.25) is 0 Å². The topological polar surface area (TPSA) is 70.8 Å². The molecule has 1 aliphatic heterocycles. The van der Waals surface area contributed by atoms with Crippen molar-refractivity contribution in [3.63, 3.8) is 0 Å². The molecule has 0 radical (unpaired) electrons. The molecule has 1 aromatic rings. The lowest BCUT2D eigenvalue weighted by Crippen LogP contribution is -2.41. The molecule has 1 aliphatic rings. The van der Waals surface area contributed by atoms with Crippen LogP contribution in [0.5, 0.6) is 11.5 Å². The van der Waals surface area contributed by atoms with Gasteiger partial charge in [-0.15, -0.1) is 12.4 Å². The van der Waals surface area contributed by atoms with Crippen LogP contribution in [0, 0.1) is 0 Å². The summed E-state index contributed by atoms with van der Waals surface area (Å²) in [4.78, 5) is 11.3. The third kappa shape index (κ3) is 3.38. The van der Waals surface area contributed by atoms with Crippen LogP contribution < -0.4 is 15.2 Å². The van der Waals surface area contributed by atoms with Gasteiger partial charge in [-0.1, -0.05) is 15.9 Å². The van der Waals surface area contributed by atoms with Crippen LogP contribution in [-0.2, 0) is 9.53 Å². The normalized spacial score (nSPS) is 14.3. The van der Waals surface area contributed by atoms with E-state index in [1.165, 1.54) is 19.1 Å². The van der Waals surface area contributed by atoms with Gasteiger partial charge in [0.05, 0.1) is 6.61 Å². The minimum absolute atomic E-state index is 0. The molecule has 0 spiro atoms. The van der Waals surface area contributed by atoms with E-state index in [0.29, 0.717) is 16.0 Å². The van der Waals surface area contributed by atoms with Crippen molar-refractivity contribution in [2.24, 2.45) is 5.73 Å². The number of ether oxygens (including phenoxy) is 3. The van der Waals surface area contributed by atoms with E-state index >= 15 is 0 Å². The Labute approximate surface area is 134 Å². The molecule has 118 valence electrons. The van der Waals surface area contributed by atoms with Crippen molar-refractivity contribution in [1.29, 1.82) is 0 Å². The number of carbonyl (C=O) groups is 1. The summed E-state index contributed by atoms with van der Waals surface area (Å²) in [6.45, 7) is 1.30. The number of hydrogen-bond donors (Lipinski definition) is 1. The summed E-state index contributed by atoms with van der Waals surface area (Å²) in [5.74, 6) is -4.77. The molecular formula is C12H13BrClF2NO4. The van der Waals surface area contributed by atoms with Gasteiger partial charge in [0.15, 0.2) is 11.5 Å². The van der Waals surface area contributed by atoms with Gasteiger partial charge < -0.3 is 19.9 Å². The maximum Gasteiger partial charge on any atom is 0.379 e. The Kier molecular flexibility index (Phi) is 5.77. The van der Waals surface area contributed by atoms with Crippen LogP contribution in [0.3, 0.4) is 0 Å². The van der Waals surface area contributed by atoms with Crippen LogP contribution >= 0.6 is 28.3 Å². The van der Waals surface area contributed by atoms with Crippen LogP contribution in [0.1, 0.15) is 18.5 Å². The first-order valence-electron chi connectivity index (χ1n) is 5.77. The molecular weight excluding hydrogens is 375 g/mol. The molecule has 5 nitrogen and oxygen atoms in total. The summed E-state index contributed by atoms with van der Waals surface area (Å²) in [6, 6.07) is 0.939. The van der Waals surface area contributed by atoms with Crippen molar-refractivity contribution in [2.75, 3.05) is 13.4 Å². The lowest BCUT2D eigenvalue weighted by Gasteiger charge is -2.23. The number of rotatable bonds is 4. The van der Waals surface area contributed by atoms with Crippen LogP contribution in [-0.4, -0.2) is 25.3 Å². The van der Waals surface area contributed by atoms with Gasteiger partial charge >= 0.3 is 11.9 Å². The molecule has 0 amide bonds. The predicted molar refractivity (Wildman–Crippen MR) is 76.0 cm³/mol. The second-order valence-corrected chi connectivity index (χ2v) is 4.90. The molecule has 9 heteroatoms. The van der Waals surface area contributed by atoms with Gasteiger partial charge in [0.25, 0.3) is 0 Å². The highest BCUT2D eigenvalue weighted by Crippen LogP contribution is 2.42. The van der Waals surface area contributed by atoms with Crippen molar-refractivity contribution in [2.45, 2.75) is 18.9 Å². The quantitative estimate of drug-likeness (QED) is 0.803. The molecule has 2 rings (SSSR count). The van der Waals surface area contributed by atoms with Gasteiger partial charge in [0.1, 0.15) is 6.04 Å². The fourth-order valence-electron chi connectivity index (χ4n) is 1.72. The van der Waals surface area contributed by atoms with Crippen molar-refractivity contribution >= 4 is 34.3 Å². The Morgan fingerprint density at radius 2 is 2.05 bits per heavy atom. The molecule has 21 heavy (non-hydrogen) atoms. The predicted octanol–water partition coefficient (Wildman–Crippen LogP) is 2.80. The first-order valence-corrected chi connectivity index (χ1v) is 6.56. The number of hydrogen-bond acceptors (Lipinski definition) is 5. The lowest BCUT2D eigenvalue weighted by atomic mass is 10.0. The Morgan fingerprint density at radius 3 is 2.62 bits per heavy atom. The van der Waals surface area contributed by atoms with E-state index in [1.807, 2.05) is 0 Å². The third-order valence-electron chi connectivity index (χ3n) is 2.77. The summed E-state index contributed by atoms with van der Waals surface area (Å²) in [6.07, 6.45) is 0. The van der Waals surface area contributed by atoms with E-state index in [-0.39, 0.29) is 31.4 Å². The van der Waals surface area contributed by atoms with Crippen LogP contribution in [0.2, 0.25) is 0 Å². The van der Waals surface area contributed by atoms with E-state index in [0.717, 1.165) is 0 Å². The number of esters is 1. The second kappa shape index (κ2) is 6.76. The average Bonchev–Trinajstić information content (AvgIpc) is 2.84. The van der Waals surface area contributed by atoms with E-state index in [4.69, 9.17) is 15.2 Å². The van der Waals surface area contributed by atoms with Gasteiger partial charge in [-0.2, -0.15) is 8.78 Å². The zero-order valence-electron chi connectivity index (χ0n) is 10.9. The minimum atomic E-state index is -3.84. The monoisotopic (exact) mass is 387 g/mol. The highest BCUT2D eigenvalue weighted by Gasteiger charge is 2.48. The molecule has 0 aromatic heterocycles. The van der Waals surface area contributed by atoms with Gasteiger partial charge in [0, 0.05) is 4.47 Å². The number of fused-ring (bicyclic) bond motifs is 1. The molecule has 0 fully saturated rings. The van der Waals surface area contributed by atoms with Crippen molar-refractivity contribution in [3.8, 4) is 11.5 Å². The van der Waals surface area contributed by atoms with Gasteiger partial charge in [0.2, 0.25) is 6.79 Å². The Morgan fingerprint density at radius 1 is 1.48 bits per heavy atom. The molecule has 2 N–H and O–H groups in total. The van der Waals surface area contributed by atoms with Crippen LogP contribution in [0.15, 0.2) is 16.6 Å². The SMILES string of the molecule is CCOC(=O)C(F)(F)[C@H](N)c1cc2c(cc1Br)OCO2.Cl. The minimum Gasteiger partial charge on any atom is -0.462 e. The van der Waals surface area contributed by atoms with Gasteiger partial charge in [-0.25, -0.2) is 4.79 Å². The molecule has 1 heterocycles. The van der Waals surface area contributed by atoms with Crippen LogP contribution in [0.4, 0.5) is 8.78 Å². The molecule has 0 bridgehead atoms. The first-order chi connectivity index (χ1) is 9.37. The highest BCUT2D eigenvalue weighted by atomic mass is 79.9. The number of halogens is 4. The molecule has 0 saturated heterocycles. The Balaban J connectivity index is 0.00000220. The number of benzene rings is 1. The molecule has 0 saturated carbocycles. The fourth-order valence-corrected chi connectivity index (χ4v) is 2.29. The summed E-state index contributed by atoms with van der Waals surface area (Å²) in [5.41, 5.74) is 5.56. The lowest BCUT2D eigenvalue weighted by molar-refractivity contribution is -0.174. The summed E-state index contributed by atoms with van der Waals surface area (Å²) in [5, 5.41) is 0. The number of nitrogens with two attached hydrogens (primary N) is 1. The largest absolute Gasteiger partial charge is 0.462 e. The van der Waals surface area contributed by atoms with E-state index < -0.39 is 17.9 Å². The van der Waals surface area contributed by atoms with Crippen molar-refractivity contribution in [1.82, 2.24) is 0 Å². The maximum absolute atomic E-state index is 13.9. The fraction of sp³-hybridized carbons (Fsp3) is 0.417. The van der Waals surface area contributed by atoms with E-state index in [2.05, 4.69) is 20.7 Å². The summed E-state index contributed by atoms with van der Waals surface area (Å²) in [7, 11) is 0. The molecule has 1 atom stereocenters. The highest BCUT2D eigenvalue weighted by molar-refractivity contribution is 9.10. The molecule has 1 aromatic carbocycles. The summed E-state index contributed by atoms with van der Waals surface area (Å²) < 4.78 is 42.7. The van der Waals surface area contributed by atoms with Gasteiger partial charge in [-0.05, 0) is 24.6 Å². The smallest absolute Gasteiger partial charge is 0.379 e. The zero-order valence-corrected chi connectivity index (χ0v) is 13.3. The Bertz CT molecular complexity index is 544. The van der Waals surface area contributed by atoms with Crippen LogP contribution in [0.25, 0.3) is 0 Å². The molecule has 0 unspecified atom stereocenters. The summed E-state index contributed by atoms with van der Waals surface area (Å²) >= 11 is 3.13. The molecule has 0 aliphatic carbocycles. The van der Waals surface area contributed by atoms with Crippen molar-refractivity contribution in [3.05, 3.63) is 22.2 Å². The third-order valence-corrected chi connectivity index (χ3v) is 3.45. The van der Waals surface area contributed by atoms with E-state index in [9.17, 15) is 13.6 Å². The van der Waals surface area contributed by atoms with Crippen molar-refractivity contribution < 1.29 is 27.8 Å².